The second-order valence-corrected chi connectivity index (χ2v) is 7.44. The predicted molar refractivity (Wildman–Crippen MR) is 33.2 cm³/mol. The molecule has 0 bridgehead atoms. The third-order valence-electron chi connectivity index (χ3n) is 0. The molecule has 0 aliphatic carbocycles. The van der Waals surface area contributed by atoms with Crippen molar-refractivity contribution in [2.75, 3.05) is 12.5 Å². The molecule has 26 valence electrons. The molecular weight excluding hydrogens is 183 g/mol. The maximum Gasteiger partial charge on any atom is 0.249 e. The van der Waals surface area contributed by atoms with Gasteiger partial charge in [0.05, 0.1) is 0 Å². The maximum absolute atomic E-state index is 2.37. The van der Waals surface area contributed by atoms with Crippen LogP contribution in [0.3, 0.4) is 0 Å². The average molecular weight is 189 g/mol. The maximum atomic E-state index is 2.37. The minimum atomic E-state index is 0.609. The molecule has 0 nitrogen and oxygen atoms in total. The van der Waals surface area contributed by atoms with Gasteiger partial charge in [-0.05, 0) is 0 Å². The van der Waals surface area contributed by atoms with Gasteiger partial charge in [0.15, 0.2) is 0 Å². The van der Waals surface area contributed by atoms with Gasteiger partial charge in [-0.1, -0.05) is 0 Å². The summed E-state index contributed by atoms with van der Waals surface area (Å²) in [5.41, 5.74) is 0. The minimum absolute atomic E-state index is 0.609. The Morgan fingerprint density at radius 2 is 1.50 bits per heavy atom. The van der Waals surface area contributed by atoms with Crippen molar-refractivity contribution in [1.82, 2.24) is 0 Å². The van der Waals surface area contributed by atoms with E-state index < -0.39 is 0 Å². The molecule has 0 radical (unpaired) electrons. The summed E-state index contributed by atoms with van der Waals surface area (Å²) in [6.07, 6.45) is 4.36. The van der Waals surface area contributed by atoms with Gasteiger partial charge in [-0.2, -0.15) is 0 Å². The zero-order chi connectivity index (χ0) is 3.58. The van der Waals surface area contributed by atoms with E-state index in [1.807, 2.05) is 0 Å². The minimum Gasteiger partial charge on any atom is 0.0466 e. The van der Waals surface area contributed by atoms with Gasteiger partial charge in [0.25, 0.3) is 0 Å². The van der Waals surface area contributed by atoms with Crippen LogP contribution in [0.15, 0.2) is 0 Å². The summed E-state index contributed by atoms with van der Waals surface area (Å²) in [6.45, 7) is 0. The Hall–Kier alpha value is 1.08. The molecule has 0 saturated heterocycles. The molecule has 2 heteroatoms. The van der Waals surface area contributed by atoms with Crippen LogP contribution in [0.25, 0.3) is 0 Å². The van der Waals surface area contributed by atoms with Gasteiger partial charge in [-0.3, -0.25) is 0 Å². The largest absolute Gasteiger partial charge is 0.249 e. The SMILES string of the molecule is C[S+](C)I. The highest BCUT2D eigenvalue weighted by atomic mass is 127. The van der Waals surface area contributed by atoms with E-state index >= 15 is 0 Å². The smallest absolute Gasteiger partial charge is 0.0466 e. The van der Waals surface area contributed by atoms with E-state index in [2.05, 4.69) is 33.7 Å². The van der Waals surface area contributed by atoms with Crippen LogP contribution in [0, 0.1) is 0 Å². The molecule has 4 heavy (non-hydrogen) atoms. The first-order chi connectivity index (χ1) is 1.73. The first-order valence-electron chi connectivity index (χ1n) is 0.971. The van der Waals surface area contributed by atoms with Gasteiger partial charge in [0.2, 0.25) is 21.2 Å². The summed E-state index contributed by atoms with van der Waals surface area (Å²) in [5, 5.41) is 0. The highest BCUT2D eigenvalue weighted by Gasteiger charge is 1.84. The predicted octanol–water partition coefficient (Wildman–Crippen LogP) is 1.21. The first-order valence-corrected chi connectivity index (χ1v) is 5.55. The summed E-state index contributed by atoms with van der Waals surface area (Å²) < 4.78 is 0. The average Bonchev–Trinajstić information content (AvgIpc) is 0.811. The lowest BCUT2D eigenvalue weighted by Crippen LogP contribution is -1.71. The molecule has 0 aromatic carbocycles. The van der Waals surface area contributed by atoms with Gasteiger partial charge in [-0.15, -0.1) is 0 Å². The summed E-state index contributed by atoms with van der Waals surface area (Å²) in [7, 11) is 0.609. The topological polar surface area (TPSA) is 0 Å². The fourth-order valence-electron chi connectivity index (χ4n) is 0. The monoisotopic (exact) mass is 189 g/mol. The number of hydrogen-bond acceptors (Lipinski definition) is 0. The highest BCUT2D eigenvalue weighted by Crippen LogP contribution is 1.92. The molecule has 0 amide bonds. The van der Waals surface area contributed by atoms with Crippen molar-refractivity contribution in [2.24, 2.45) is 0 Å². The fraction of sp³-hybridized carbons (Fsp3) is 1.00. The van der Waals surface area contributed by atoms with E-state index in [4.69, 9.17) is 0 Å². The van der Waals surface area contributed by atoms with Gasteiger partial charge in [0, 0.05) is 8.07 Å². The van der Waals surface area contributed by atoms with Crippen LogP contribution >= 0.6 is 21.2 Å². The molecule has 0 fully saturated rings. The third kappa shape index (κ3) is 11.4. The first kappa shape index (κ1) is 5.08. The van der Waals surface area contributed by atoms with Crippen LogP contribution in [0.2, 0.25) is 0 Å². The van der Waals surface area contributed by atoms with E-state index in [1.165, 1.54) is 0 Å². The standard InChI is InChI=1S/C2H6IS/c1-4(2)3/h1-2H3/q+1. The van der Waals surface area contributed by atoms with Gasteiger partial charge in [0.1, 0.15) is 12.5 Å². The Labute approximate surface area is 41.9 Å². The molecule has 0 heterocycles. The van der Waals surface area contributed by atoms with Gasteiger partial charge < -0.3 is 0 Å². The number of rotatable bonds is 0. The molecule has 0 aromatic rings. The molecule has 0 atom stereocenters. The Morgan fingerprint density at radius 3 is 1.50 bits per heavy atom. The second-order valence-electron chi connectivity index (χ2n) is 0.717. The normalized spacial score (nSPS) is 9.00. The lowest BCUT2D eigenvalue weighted by Gasteiger charge is -1.63. The number of halogens is 1. The van der Waals surface area contributed by atoms with Crippen LogP contribution in [0.5, 0.6) is 0 Å². The molecule has 0 aliphatic rings. The lowest BCUT2D eigenvalue weighted by molar-refractivity contribution is 2.35. The van der Waals surface area contributed by atoms with Crippen LogP contribution in [0.4, 0.5) is 0 Å². The molecule has 0 aliphatic heterocycles. The fourth-order valence-corrected chi connectivity index (χ4v) is 0. The molecule has 0 N–H and O–H groups in total. The molecule has 0 aromatic heterocycles. The van der Waals surface area contributed by atoms with E-state index in [9.17, 15) is 0 Å². The molecule has 0 saturated carbocycles. The highest BCUT2D eigenvalue weighted by molar-refractivity contribution is 14.2. The van der Waals surface area contributed by atoms with E-state index in [1.54, 1.807) is 0 Å². The molecule has 0 rings (SSSR count). The van der Waals surface area contributed by atoms with Gasteiger partial charge in [-0.25, -0.2) is 0 Å². The quantitative estimate of drug-likeness (QED) is 0.397. The summed E-state index contributed by atoms with van der Waals surface area (Å²) in [5.74, 6) is 0. The zero-order valence-electron chi connectivity index (χ0n) is 2.79. The van der Waals surface area contributed by atoms with Crippen molar-refractivity contribution < 1.29 is 0 Å². The zero-order valence-corrected chi connectivity index (χ0v) is 5.76. The Morgan fingerprint density at radius 1 is 1.50 bits per heavy atom. The van der Waals surface area contributed by atoms with Crippen molar-refractivity contribution in [3.8, 4) is 0 Å². The van der Waals surface area contributed by atoms with Crippen molar-refractivity contribution in [3.05, 3.63) is 0 Å². The van der Waals surface area contributed by atoms with E-state index in [0.717, 1.165) is 0 Å². The van der Waals surface area contributed by atoms with E-state index in [-0.39, 0.29) is 0 Å². The molecular formula is C2H6IS+. The number of hydrogen-bond donors (Lipinski definition) is 0. The Kier molecular flexibility index (Phi) is 2.95. The van der Waals surface area contributed by atoms with Crippen LogP contribution in [-0.4, -0.2) is 12.5 Å². The van der Waals surface area contributed by atoms with Crippen molar-refractivity contribution in [3.63, 3.8) is 0 Å². The Balaban J connectivity index is 2.32. The van der Waals surface area contributed by atoms with Crippen molar-refractivity contribution >= 4 is 29.3 Å². The molecule has 0 unspecified atom stereocenters. The second kappa shape index (κ2) is 2.33. The van der Waals surface area contributed by atoms with Crippen LogP contribution in [-0.2, 0) is 8.07 Å². The lowest BCUT2D eigenvalue weighted by atomic mass is 11.9. The Bertz CT molecular complexity index is 10.8. The summed E-state index contributed by atoms with van der Waals surface area (Å²) in [6, 6.07) is 0. The third-order valence-corrected chi connectivity index (χ3v) is 0. The molecule has 0 spiro atoms. The summed E-state index contributed by atoms with van der Waals surface area (Å²) in [4.78, 5) is 0. The van der Waals surface area contributed by atoms with Gasteiger partial charge >= 0.3 is 0 Å². The van der Waals surface area contributed by atoms with Crippen molar-refractivity contribution in [1.29, 1.82) is 0 Å². The summed E-state index contributed by atoms with van der Waals surface area (Å²) >= 11 is 2.37. The van der Waals surface area contributed by atoms with E-state index in [0.29, 0.717) is 8.07 Å². The van der Waals surface area contributed by atoms with Crippen LogP contribution in [0.1, 0.15) is 0 Å². The van der Waals surface area contributed by atoms with Crippen LogP contribution < -0.4 is 0 Å². The van der Waals surface area contributed by atoms with Crippen molar-refractivity contribution in [2.45, 2.75) is 0 Å².